The van der Waals surface area contributed by atoms with Crippen LogP contribution in [0.4, 0.5) is 0 Å². The van der Waals surface area contributed by atoms with E-state index in [-0.39, 0.29) is 6.10 Å². The molecule has 1 aromatic carbocycles. The van der Waals surface area contributed by atoms with Crippen molar-refractivity contribution in [1.82, 2.24) is 19.9 Å². The van der Waals surface area contributed by atoms with Crippen LogP contribution in [0.5, 0.6) is 0 Å². The Morgan fingerprint density at radius 2 is 2.21 bits per heavy atom. The summed E-state index contributed by atoms with van der Waals surface area (Å²) in [5, 5.41) is 8.92. The fourth-order valence-electron chi connectivity index (χ4n) is 3.18. The molecule has 1 aliphatic heterocycles. The molecule has 2 unspecified atom stereocenters. The summed E-state index contributed by atoms with van der Waals surface area (Å²) in [4.78, 5) is 3.91. The molecule has 0 radical (unpaired) electrons. The standard InChI is InChI=1S/C18H26N4O2/c1-21(13-18(23-2)15-7-6-10-24-14-15)12-16-11-19-22(20-16)17-8-4-3-5-9-17/h3-5,8-9,11,15,18H,6-7,10,12-14H2,1-2H3. The van der Waals surface area contributed by atoms with Crippen molar-refractivity contribution in [2.45, 2.75) is 25.5 Å². The Hall–Kier alpha value is -1.76. The van der Waals surface area contributed by atoms with E-state index >= 15 is 0 Å². The predicted molar refractivity (Wildman–Crippen MR) is 92.0 cm³/mol. The van der Waals surface area contributed by atoms with E-state index in [2.05, 4.69) is 22.1 Å². The lowest BCUT2D eigenvalue weighted by Gasteiger charge is -2.31. The van der Waals surface area contributed by atoms with Gasteiger partial charge >= 0.3 is 0 Å². The molecule has 0 amide bonds. The van der Waals surface area contributed by atoms with Gasteiger partial charge in [0.1, 0.15) is 0 Å². The van der Waals surface area contributed by atoms with Gasteiger partial charge < -0.3 is 9.47 Å². The van der Waals surface area contributed by atoms with Crippen LogP contribution in [-0.4, -0.2) is 59.9 Å². The van der Waals surface area contributed by atoms with Gasteiger partial charge in [0, 0.05) is 32.7 Å². The Balaban J connectivity index is 1.56. The summed E-state index contributed by atoms with van der Waals surface area (Å²) in [6, 6.07) is 9.95. The normalized spacial score (nSPS) is 19.5. The number of methoxy groups -OCH3 is 1. The second-order valence-corrected chi connectivity index (χ2v) is 6.41. The molecule has 1 aromatic heterocycles. The Labute approximate surface area is 143 Å². The van der Waals surface area contributed by atoms with Gasteiger partial charge in [0.25, 0.3) is 0 Å². The number of nitrogens with zero attached hydrogens (tertiary/aromatic N) is 4. The minimum Gasteiger partial charge on any atom is -0.381 e. The Bertz CT molecular complexity index is 610. The van der Waals surface area contributed by atoms with Crippen LogP contribution in [-0.2, 0) is 16.0 Å². The van der Waals surface area contributed by atoms with E-state index in [4.69, 9.17) is 9.47 Å². The number of hydrogen-bond acceptors (Lipinski definition) is 5. The van der Waals surface area contributed by atoms with Crippen molar-refractivity contribution in [2.24, 2.45) is 5.92 Å². The number of likely N-dealkylation sites (N-methyl/N-ethyl adjacent to an activating group) is 1. The maximum atomic E-state index is 5.71. The maximum absolute atomic E-state index is 5.71. The third kappa shape index (κ3) is 4.41. The second kappa shape index (κ2) is 8.37. The maximum Gasteiger partial charge on any atom is 0.0971 e. The molecule has 0 saturated carbocycles. The number of ether oxygens (including phenoxy) is 2. The van der Waals surface area contributed by atoms with Crippen LogP contribution >= 0.6 is 0 Å². The van der Waals surface area contributed by atoms with Gasteiger partial charge in [-0.3, -0.25) is 4.90 Å². The van der Waals surface area contributed by atoms with E-state index in [1.165, 1.54) is 6.42 Å². The highest BCUT2D eigenvalue weighted by Crippen LogP contribution is 2.20. The topological polar surface area (TPSA) is 52.4 Å². The predicted octanol–water partition coefficient (Wildman–Crippen LogP) is 2.14. The van der Waals surface area contributed by atoms with E-state index in [9.17, 15) is 0 Å². The van der Waals surface area contributed by atoms with Crippen molar-refractivity contribution in [3.8, 4) is 5.69 Å². The van der Waals surface area contributed by atoms with Gasteiger partial charge in [-0.25, -0.2) is 0 Å². The first kappa shape index (κ1) is 17.1. The molecule has 6 heteroatoms. The van der Waals surface area contributed by atoms with Gasteiger partial charge in [-0.05, 0) is 32.0 Å². The molecule has 130 valence electrons. The smallest absolute Gasteiger partial charge is 0.0971 e. The van der Waals surface area contributed by atoms with Gasteiger partial charge in [-0.15, -0.1) is 0 Å². The molecule has 2 heterocycles. The third-order valence-electron chi connectivity index (χ3n) is 4.47. The van der Waals surface area contributed by atoms with Crippen LogP contribution in [0.3, 0.4) is 0 Å². The fraction of sp³-hybridized carbons (Fsp3) is 0.556. The van der Waals surface area contributed by atoms with Crippen molar-refractivity contribution < 1.29 is 9.47 Å². The van der Waals surface area contributed by atoms with E-state index < -0.39 is 0 Å². The quantitative estimate of drug-likeness (QED) is 0.778. The van der Waals surface area contributed by atoms with Crippen molar-refractivity contribution >= 4 is 0 Å². The largest absolute Gasteiger partial charge is 0.381 e. The highest BCUT2D eigenvalue weighted by molar-refractivity contribution is 5.28. The van der Waals surface area contributed by atoms with E-state index in [1.807, 2.05) is 36.5 Å². The molecule has 6 nitrogen and oxygen atoms in total. The minimum atomic E-state index is 0.194. The Morgan fingerprint density at radius 1 is 1.38 bits per heavy atom. The summed E-state index contributed by atoms with van der Waals surface area (Å²) >= 11 is 0. The number of rotatable bonds is 7. The highest BCUT2D eigenvalue weighted by Gasteiger charge is 2.25. The summed E-state index contributed by atoms with van der Waals surface area (Å²) in [6.45, 7) is 3.30. The third-order valence-corrected chi connectivity index (χ3v) is 4.47. The average Bonchev–Trinajstić information content (AvgIpc) is 3.09. The van der Waals surface area contributed by atoms with Crippen molar-refractivity contribution in [1.29, 1.82) is 0 Å². The lowest BCUT2D eigenvalue weighted by atomic mass is 9.95. The molecule has 3 rings (SSSR count). The first-order valence-electron chi connectivity index (χ1n) is 8.52. The van der Waals surface area contributed by atoms with Gasteiger partial charge in [0.2, 0.25) is 0 Å². The zero-order chi connectivity index (χ0) is 16.8. The van der Waals surface area contributed by atoms with Crippen LogP contribution in [0.1, 0.15) is 18.5 Å². The minimum absolute atomic E-state index is 0.194. The summed E-state index contributed by atoms with van der Waals surface area (Å²) in [6.07, 6.45) is 4.32. The summed E-state index contributed by atoms with van der Waals surface area (Å²) < 4.78 is 11.3. The lowest BCUT2D eigenvalue weighted by molar-refractivity contribution is -0.0398. The molecule has 1 aliphatic rings. The number of para-hydroxylation sites is 1. The van der Waals surface area contributed by atoms with Crippen LogP contribution in [0.25, 0.3) is 5.69 Å². The summed E-state index contributed by atoms with van der Waals surface area (Å²) in [5.41, 5.74) is 1.93. The first-order valence-corrected chi connectivity index (χ1v) is 8.52. The van der Waals surface area contributed by atoms with Crippen LogP contribution in [0.15, 0.2) is 36.5 Å². The molecule has 0 bridgehead atoms. The highest BCUT2D eigenvalue weighted by atomic mass is 16.5. The number of benzene rings is 1. The summed E-state index contributed by atoms with van der Waals surface area (Å²) in [7, 11) is 3.88. The van der Waals surface area contributed by atoms with Gasteiger partial charge in [0.05, 0.1) is 30.3 Å². The molecule has 2 atom stereocenters. The van der Waals surface area contributed by atoms with E-state index in [1.54, 1.807) is 11.9 Å². The molecular weight excluding hydrogens is 304 g/mol. The Morgan fingerprint density at radius 3 is 2.92 bits per heavy atom. The molecule has 0 aliphatic carbocycles. The molecule has 0 spiro atoms. The van der Waals surface area contributed by atoms with Crippen molar-refractivity contribution in [3.05, 3.63) is 42.2 Å². The number of hydrogen-bond donors (Lipinski definition) is 0. The van der Waals surface area contributed by atoms with Crippen LogP contribution in [0.2, 0.25) is 0 Å². The molecule has 0 N–H and O–H groups in total. The van der Waals surface area contributed by atoms with Gasteiger partial charge in [-0.1, -0.05) is 18.2 Å². The number of aromatic nitrogens is 3. The molecule has 1 fully saturated rings. The van der Waals surface area contributed by atoms with Crippen molar-refractivity contribution in [3.63, 3.8) is 0 Å². The molecule has 24 heavy (non-hydrogen) atoms. The zero-order valence-corrected chi connectivity index (χ0v) is 14.5. The van der Waals surface area contributed by atoms with Crippen LogP contribution in [0, 0.1) is 5.92 Å². The monoisotopic (exact) mass is 330 g/mol. The Kier molecular flexibility index (Phi) is 5.96. The fourth-order valence-corrected chi connectivity index (χ4v) is 3.18. The molecule has 2 aromatic rings. The van der Waals surface area contributed by atoms with Crippen LogP contribution < -0.4 is 0 Å². The lowest BCUT2D eigenvalue weighted by Crippen LogP contribution is -2.39. The first-order chi connectivity index (χ1) is 11.8. The van der Waals surface area contributed by atoms with Gasteiger partial charge in [0.15, 0.2) is 0 Å². The zero-order valence-electron chi connectivity index (χ0n) is 14.5. The molecule has 1 saturated heterocycles. The second-order valence-electron chi connectivity index (χ2n) is 6.41. The SMILES string of the molecule is COC(CN(C)Cc1cnn(-c2ccccc2)n1)C1CCCOC1. The molecular formula is C18H26N4O2. The van der Waals surface area contributed by atoms with E-state index in [0.717, 1.165) is 44.1 Å². The van der Waals surface area contributed by atoms with E-state index in [0.29, 0.717) is 5.92 Å². The van der Waals surface area contributed by atoms with Gasteiger partial charge in [-0.2, -0.15) is 15.0 Å². The van der Waals surface area contributed by atoms with Crippen molar-refractivity contribution in [2.75, 3.05) is 33.9 Å². The average molecular weight is 330 g/mol. The summed E-state index contributed by atoms with van der Waals surface area (Å²) in [5.74, 6) is 0.478.